The van der Waals surface area contributed by atoms with Crippen molar-refractivity contribution in [2.45, 2.75) is 18.6 Å². The van der Waals surface area contributed by atoms with Gasteiger partial charge in [0.05, 0.1) is 5.56 Å². The van der Waals surface area contributed by atoms with Gasteiger partial charge in [0.2, 0.25) is 0 Å². The molecule has 2 rings (SSSR count). The van der Waals surface area contributed by atoms with Gasteiger partial charge in [0, 0.05) is 12.6 Å². The first-order valence-corrected chi connectivity index (χ1v) is 5.13. The molecule has 0 radical (unpaired) electrons. The molecule has 1 aromatic rings. The predicted molar refractivity (Wildman–Crippen MR) is 55.9 cm³/mol. The number of halogens is 3. The van der Waals surface area contributed by atoms with E-state index < -0.39 is 11.7 Å². The fourth-order valence-corrected chi connectivity index (χ4v) is 1.91. The summed E-state index contributed by atoms with van der Waals surface area (Å²) in [5, 5.41) is 3.06. The van der Waals surface area contributed by atoms with Gasteiger partial charge < -0.3 is 5.32 Å². The Morgan fingerprint density at radius 2 is 1.88 bits per heavy atom. The molecule has 16 heavy (non-hydrogen) atoms. The van der Waals surface area contributed by atoms with Gasteiger partial charge in [-0.05, 0) is 18.1 Å². The smallest absolute Gasteiger partial charge is 0.306 e. The molecule has 0 bridgehead atoms. The number of benzene rings is 1. The molecule has 0 aliphatic carbocycles. The molecule has 1 N–H and O–H groups in total. The quantitative estimate of drug-likeness (QED) is 0.726. The highest BCUT2D eigenvalue weighted by Gasteiger charge is 2.34. The van der Waals surface area contributed by atoms with Crippen LogP contribution in [0.25, 0.3) is 0 Å². The van der Waals surface area contributed by atoms with Crippen LogP contribution in [0.15, 0.2) is 36.4 Å². The van der Waals surface area contributed by atoms with Gasteiger partial charge in [-0.3, -0.25) is 0 Å². The molecule has 0 saturated carbocycles. The van der Waals surface area contributed by atoms with Crippen molar-refractivity contribution in [3.63, 3.8) is 0 Å². The van der Waals surface area contributed by atoms with Crippen LogP contribution in [-0.2, 0) is 6.18 Å². The molecule has 1 nitrogen and oxygen atoms in total. The zero-order valence-electron chi connectivity index (χ0n) is 8.59. The highest BCUT2D eigenvalue weighted by atomic mass is 19.4. The second-order valence-electron chi connectivity index (χ2n) is 3.75. The Balaban J connectivity index is 2.36. The molecule has 1 aliphatic rings. The highest BCUT2D eigenvalue weighted by Crippen LogP contribution is 2.35. The third-order valence-corrected chi connectivity index (χ3v) is 2.66. The Morgan fingerprint density at radius 1 is 1.12 bits per heavy atom. The summed E-state index contributed by atoms with van der Waals surface area (Å²) in [5.41, 5.74) is -0.206. The number of rotatable bonds is 1. The lowest BCUT2D eigenvalue weighted by Gasteiger charge is -2.23. The highest BCUT2D eigenvalue weighted by molar-refractivity contribution is 5.33. The minimum Gasteiger partial charge on any atom is -0.306 e. The Morgan fingerprint density at radius 3 is 2.50 bits per heavy atom. The van der Waals surface area contributed by atoms with E-state index in [1.807, 2.05) is 12.2 Å². The van der Waals surface area contributed by atoms with Gasteiger partial charge >= 0.3 is 6.18 Å². The molecule has 1 aliphatic heterocycles. The first-order valence-electron chi connectivity index (χ1n) is 5.13. The van der Waals surface area contributed by atoms with Gasteiger partial charge in [-0.25, -0.2) is 0 Å². The van der Waals surface area contributed by atoms with Gasteiger partial charge in [-0.1, -0.05) is 30.4 Å². The molecule has 1 atom stereocenters. The Bertz CT molecular complexity index is 395. The van der Waals surface area contributed by atoms with Crippen molar-refractivity contribution in [3.05, 3.63) is 47.5 Å². The summed E-state index contributed by atoms with van der Waals surface area (Å²) >= 11 is 0. The Labute approximate surface area is 92.0 Å². The van der Waals surface area contributed by atoms with E-state index in [4.69, 9.17) is 0 Å². The molecule has 0 saturated heterocycles. The number of nitrogens with one attached hydrogen (secondary N) is 1. The maximum atomic E-state index is 12.8. The molecule has 1 aromatic carbocycles. The SMILES string of the molecule is FC(F)(F)c1ccccc1C1CC=CCN1. The van der Waals surface area contributed by atoms with Crippen LogP contribution in [-0.4, -0.2) is 6.54 Å². The van der Waals surface area contributed by atoms with Crippen molar-refractivity contribution >= 4 is 0 Å². The van der Waals surface area contributed by atoms with E-state index in [1.54, 1.807) is 12.1 Å². The summed E-state index contributed by atoms with van der Waals surface area (Å²) in [6.07, 6.45) is 0.160. The molecule has 0 fully saturated rings. The zero-order chi connectivity index (χ0) is 11.6. The van der Waals surface area contributed by atoms with E-state index in [-0.39, 0.29) is 6.04 Å². The third-order valence-electron chi connectivity index (χ3n) is 2.66. The normalized spacial score (nSPS) is 21.1. The summed E-state index contributed by atoms with van der Waals surface area (Å²) < 4.78 is 38.3. The van der Waals surface area contributed by atoms with Gasteiger partial charge in [0.1, 0.15) is 0 Å². The van der Waals surface area contributed by atoms with Gasteiger partial charge in [0.25, 0.3) is 0 Å². The fourth-order valence-electron chi connectivity index (χ4n) is 1.91. The molecule has 1 unspecified atom stereocenters. The lowest BCUT2D eigenvalue weighted by molar-refractivity contribution is -0.138. The summed E-state index contributed by atoms with van der Waals surface area (Å²) in [6.45, 7) is 0.622. The van der Waals surface area contributed by atoms with Crippen LogP contribution in [0.1, 0.15) is 23.6 Å². The van der Waals surface area contributed by atoms with E-state index in [0.29, 0.717) is 18.5 Å². The summed E-state index contributed by atoms with van der Waals surface area (Å²) in [6, 6.07) is 5.51. The number of hydrogen-bond donors (Lipinski definition) is 1. The summed E-state index contributed by atoms with van der Waals surface area (Å²) in [7, 11) is 0. The maximum Gasteiger partial charge on any atom is 0.416 e. The molecular formula is C12H12F3N. The van der Waals surface area contributed by atoms with Crippen LogP contribution < -0.4 is 5.32 Å². The third kappa shape index (κ3) is 2.27. The van der Waals surface area contributed by atoms with Crippen LogP contribution in [0, 0.1) is 0 Å². The van der Waals surface area contributed by atoms with Crippen molar-refractivity contribution in [2.75, 3.05) is 6.54 Å². The van der Waals surface area contributed by atoms with E-state index in [9.17, 15) is 13.2 Å². The van der Waals surface area contributed by atoms with E-state index in [0.717, 1.165) is 6.07 Å². The molecule has 1 heterocycles. The number of alkyl halides is 3. The van der Waals surface area contributed by atoms with Crippen molar-refractivity contribution < 1.29 is 13.2 Å². The fraction of sp³-hybridized carbons (Fsp3) is 0.333. The van der Waals surface area contributed by atoms with Crippen LogP contribution in [0.4, 0.5) is 13.2 Å². The van der Waals surface area contributed by atoms with E-state index >= 15 is 0 Å². The zero-order valence-corrected chi connectivity index (χ0v) is 8.59. The standard InChI is InChI=1S/C12H12F3N/c13-12(14,15)10-6-2-1-5-9(10)11-7-3-4-8-16-11/h1-6,11,16H,7-8H2. The first kappa shape index (κ1) is 11.2. The van der Waals surface area contributed by atoms with Crippen molar-refractivity contribution in [3.8, 4) is 0 Å². The van der Waals surface area contributed by atoms with Crippen LogP contribution >= 0.6 is 0 Å². The minimum atomic E-state index is -4.28. The van der Waals surface area contributed by atoms with Crippen molar-refractivity contribution in [1.29, 1.82) is 0 Å². The largest absolute Gasteiger partial charge is 0.416 e. The molecular weight excluding hydrogens is 215 g/mol. The Hall–Kier alpha value is -1.29. The molecule has 0 amide bonds. The average Bonchev–Trinajstić information content (AvgIpc) is 2.29. The second-order valence-corrected chi connectivity index (χ2v) is 3.75. The topological polar surface area (TPSA) is 12.0 Å². The predicted octanol–water partition coefficient (Wildman–Crippen LogP) is 3.30. The van der Waals surface area contributed by atoms with Gasteiger partial charge in [-0.2, -0.15) is 13.2 Å². The van der Waals surface area contributed by atoms with E-state index in [1.165, 1.54) is 6.07 Å². The molecule has 0 spiro atoms. The lowest BCUT2D eigenvalue weighted by atomic mass is 9.96. The Kier molecular flexibility index (Phi) is 3.01. The van der Waals surface area contributed by atoms with Gasteiger partial charge in [0.15, 0.2) is 0 Å². The number of hydrogen-bond acceptors (Lipinski definition) is 1. The van der Waals surface area contributed by atoms with E-state index in [2.05, 4.69) is 5.32 Å². The van der Waals surface area contributed by atoms with Crippen LogP contribution in [0.2, 0.25) is 0 Å². The molecule has 0 aromatic heterocycles. The van der Waals surface area contributed by atoms with Crippen LogP contribution in [0.5, 0.6) is 0 Å². The molecule has 4 heteroatoms. The minimum absolute atomic E-state index is 0.233. The summed E-state index contributed by atoms with van der Waals surface area (Å²) in [5.74, 6) is 0. The first-order chi connectivity index (χ1) is 7.59. The maximum absolute atomic E-state index is 12.8. The summed E-state index contributed by atoms with van der Waals surface area (Å²) in [4.78, 5) is 0. The lowest BCUT2D eigenvalue weighted by Crippen LogP contribution is -2.26. The van der Waals surface area contributed by atoms with Crippen LogP contribution in [0.3, 0.4) is 0 Å². The van der Waals surface area contributed by atoms with Crippen molar-refractivity contribution in [2.24, 2.45) is 0 Å². The average molecular weight is 227 g/mol. The molecule has 86 valence electrons. The van der Waals surface area contributed by atoms with Crippen molar-refractivity contribution in [1.82, 2.24) is 5.32 Å². The monoisotopic (exact) mass is 227 g/mol. The second kappa shape index (κ2) is 4.29. The van der Waals surface area contributed by atoms with Gasteiger partial charge in [-0.15, -0.1) is 0 Å².